The van der Waals surface area contributed by atoms with E-state index in [9.17, 15) is 18.0 Å². The molecule has 1 saturated heterocycles. The second-order valence-electron chi connectivity index (χ2n) is 8.62. The van der Waals surface area contributed by atoms with Crippen LogP contribution in [-0.4, -0.2) is 41.9 Å². The number of amides is 1. The zero-order valence-corrected chi connectivity index (χ0v) is 19.8. The third-order valence-electron chi connectivity index (χ3n) is 6.20. The van der Waals surface area contributed by atoms with Gasteiger partial charge in [-0.1, -0.05) is 23.7 Å². The SMILES string of the molecule is NC1=C(/C=C(\N)c2ccc(C(=O)N3CCCC3)cc2)N(Cc2cc(Cl)ccc2C(F)(F)F)CCN1. The van der Waals surface area contributed by atoms with E-state index in [4.69, 9.17) is 23.1 Å². The summed E-state index contributed by atoms with van der Waals surface area (Å²) in [7, 11) is 0. The summed E-state index contributed by atoms with van der Waals surface area (Å²) < 4.78 is 40.7. The van der Waals surface area contributed by atoms with Crippen molar-refractivity contribution >= 4 is 23.2 Å². The Morgan fingerprint density at radius 2 is 1.71 bits per heavy atom. The van der Waals surface area contributed by atoms with Gasteiger partial charge in [-0.2, -0.15) is 13.2 Å². The van der Waals surface area contributed by atoms with E-state index in [1.54, 1.807) is 35.2 Å². The van der Waals surface area contributed by atoms with E-state index >= 15 is 0 Å². The summed E-state index contributed by atoms with van der Waals surface area (Å²) in [6.07, 6.45) is -0.844. The van der Waals surface area contributed by atoms with Crippen molar-refractivity contribution in [2.75, 3.05) is 26.2 Å². The van der Waals surface area contributed by atoms with Gasteiger partial charge in [-0.15, -0.1) is 0 Å². The van der Waals surface area contributed by atoms with Crippen LogP contribution in [0, 0.1) is 0 Å². The molecule has 0 radical (unpaired) electrons. The number of hydrogen-bond donors (Lipinski definition) is 3. The van der Waals surface area contributed by atoms with Crippen LogP contribution in [-0.2, 0) is 12.7 Å². The number of likely N-dealkylation sites (tertiary alicyclic amines) is 1. The number of benzene rings is 2. The summed E-state index contributed by atoms with van der Waals surface area (Å²) in [5.74, 6) is 0.309. The Hall–Kier alpha value is -3.33. The second kappa shape index (κ2) is 10.1. The fourth-order valence-corrected chi connectivity index (χ4v) is 4.55. The summed E-state index contributed by atoms with van der Waals surface area (Å²) in [4.78, 5) is 16.1. The lowest BCUT2D eigenvalue weighted by atomic mass is 10.0. The monoisotopic (exact) mass is 505 g/mol. The molecule has 186 valence electrons. The van der Waals surface area contributed by atoms with Gasteiger partial charge < -0.3 is 26.6 Å². The Morgan fingerprint density at radius 1 is 1.06 bits per heavy atom. The van der Waals surface area contributed by atoms with Crippen LogP contribution in [0.5, 0.6) is 0 Å². The number of allylic oxidation sites excluding steroid dienone is 1. The van der Waals surface area contributed by atoms with Gasteiger partial charge in [0.05, 0.1) is 11.3 Å². The number of nitrogens with zero attached hydrogens (tertiary/aromatic N) is 2. The molecule has 35 heavy (non-hydrogen) atoms. The number of halogens is 4. The molecule has 0 unspecified atom stereocenters. The van der Waals surface area contributed by atoms with E-state index < -0.39 is 11.7 Å². The molecule has 0 atom stereocenters. The Balaban J connectivity index is 1.58. The first kappa shape index (κ1) is 24.8. The Labute approximate surface area is 207 Å². The van der Waals surface area contributed by atoms with Gasteiger partial charge in [-0.05, 0) is 60.4 Å². The van der Waals surface area contributed by atoms with E-state index in [-0.39, 0.29) is 23.0 Å². The molecule has 2 aliphatic heterocycles. The highest BCUT2D eigenvalue weighted by Gasteiger charge is 2.34. The van der Waals surface area contributed by atoms with E-state index in [1.807, 2.05) is 4.90 Å². The number of rotatable bonds is 5. The standard InChI is InChI=1S/C25H27ClF3N5O/c26-19-7-8-20(25(27,28)29)18(13-19)15-34-12-9-32-23(31)22(34)14-21(30)16-3-5-17(6-4-16)24(35)33-10-1-2-11-33/h3-8,13-14,32H,1-2,9-12,15,30-31H2/b21-14-. The second-order valence-corrected chi connectivity index (χ2v) is 9.06. The molecule has 0 aliphatic carbocycles. The molecule has 0 spiro atoms. The van der Waals surface area contributed by atoms with Gasteiger partial charge in [0, 0.05) is 49.0 Å². The normalized spacial score (nSPS) is 17.1. The van der Waals surface area contributed by atoms with Crippen LogP contribution in [0.25, 0.3) is 5.70 Å². The highest BCUT2D eigenvalue weighted by Crippen LogP contribution is 2.34. The molecule has 0 saturated carbocycles. The first-order valence-corrected chi connectivity index (χ1v) is 11.7. The van der Waals surface area contributed by atoms with Gasteiger partial charge in [0.25, 0.3) is 5.91 Å². The minimum Gasteiger partial charge on any atom is -0.398 e. The number of nitrogens with one attached hydrogen (secondary N) is 1. The number of carbonyl (C=O) groups excluding carboxylic acids is 1. The zero-order valence-electron chi connectivity index (χ0n) is 19.0. The number of nitrogens with two attached hydrogens (primary N) is 2. The van der Waals surface area contributed by atoms with Crippen LogP contribution in [0.1, 0.15) is 39.9 Å². The van der Waals surface area contributed by atoms with Crippen LogP contribution in [0.4, 0.5) is 13.2 Å². The van der Waals surface area contributed by atoms with Gasteiger partial charge in [0.2, 0.25) is 0 Å². The molecule has 2 aromatic rings. The molecule has 0 aromatic heterocycles. The molecular weight excluding hydrogens is 479 g/mol. The zero-order chi connectivity index (χ0) is 25.2. The molecule has 1 amide bonds. The average Bonchev–Trinajstić information content (AvgIpc) is 3.35. The summed E-state index contributed by atoms with van der Waals surface area (Å²) in [6.45, 7) is 2.38. The van der Waals surface area contributed by atoms with Crippen LogP contribution in [0.15, 0.2) is 60.1 Å². The highest BCUT2D eigenvalue weighted by atomic mass is 35.5. The van der Waals surface area contributed by atoms with Crippen molar-refractivity contribution in [1.82, 2.24) is 15.1 Å². The molecule has 2 aliphatic rings. The van der Waals surface area contributed by atoms with Gasteiger partial charge >= 0.3 is 6.18 Å². The lowest BCUT2D eigenvalue weighted by molar-refractivity contribution is -0.138. The first-order valence-electron chi connectivity index (χ1n) is 11.3. The van der Waals surface area contributed by atoms with E-state index in [2.05, 4.69) is 5.32 Å². The highest BCUT2D eigenvalue weighted by molar-refractivity contribution is 6.30. The maximum atomic E-state index is 13.6. The predicted molar refractivity (Wildman–Crippen MR) is 130 cm³/mol. The lowest BCUT2D eigenvalue weighted by Crippen LogP contribution is -2.41. The van der Waals surface area contributed by atoms with E-state index in [0.29, 0.717) is 41.4 Å². The molecule has 6 nitrogen and oxygen atoms in total. The third kappa shape index (κ3) is 5.67. The predicted octanol–water partition coefficient (Wildman–Crippen LogP) is 4.13. The smallest absolute Gasteiger partial charge is 0.398 e. The number of carbonyl (C=O) groups is 1. The fraction of sp³-hybridized carbons (Fsp3) is 0.320. The molecule has 0 bridgehead atoms. The third-order valence-corrected chi connectivity index (χ3v) is 6.43. The molecule has 2 aromatic carbocycles. The van der Waals surface area contributed by atoms with Crippen LogP contribution < -0.4 is 16.8 Å². The molecular formula is C25H27ClF3N5O. The average molecular weight is 506 g/mol. The van der Waals surface area contributed by atoms with E-state index in [0.717, 1.165) is 32.0 Å². The minimum atomic E-state index is -4.51. The van der Waals surface area contributed by atoms with Crippen LogP contribution in [0.2, 0.25) is 5.02 Å². The fourth-order valence-electron chi connectivity index (χ4n) is 4.35. The number of alkyl halides is 3. The van der Waals surface area contributed by atoms with Crippen molar-refractivity contribution in [1.29, 1.82) is 0 Å². The van der Waals surface area contributed by atoms with Gasteiger partial charge in [-0.3, -0.25) is 4.79 Å². The number of hydrogen-bond acceptors (Lipinski definition) is 5. The van der Waals surface area contributed by atoms with Crippen LogP contribution in [0.3, 0.4) is 0 Å². The first-order chi connectivity index (χ1) is 16.6. The Morgan fingerprint density at radius 3 is 2.37 bits per heavy atom. The summed E-state index contributed by atoms with van der Waals surface area (Å²) in [5.41, 5.74) is 13.9. The van der Waals surface area contributed by atoms with E-state index in [1.165, 1.54) is 12.1 Å². The molecule has 2 heterocycles. The van der Waals surface area contributed by atoms with Crippen molar-refractivity contribution < 1.29 is 18.0 Å². The van der Waals surface area contributed by atoms with Crippen LogP contribution >= 0.6 is 11.6 Å². The van der Waals surface area contributed by atoms with Crippen molar-refractivity contribution in [3.8, 4) is 0 Å². The summed E-state index contributed by atoms with van der Waals surface area (Å²) in [5, 5.41) is 3.26. The summed E-state index contributed by atoms with van der Waals surface area (Å²) >= 11 is 6.00. The minimum absolute atomic E-state index is 0.00630. The van der Waals surface area contributed by atoms with Crippen molar-refractivity contribution in [2.24, 2.45) is 11.5 Å². The summed E-state index contributed by atoms with van der Waals surface area (Å²) in [6, 6.07) is 10.5. The lowest BCUT2D eigenvalue weighted by Gasteiger charge is -2.33. The molecule has 10 heteroatoms. The van der Waals surface area contributed by atoms with Gasteiger partial charge in [-0.25, -0.2) is 0 Å². The Bertz CT molecular complexity index is 1150. The topological polar surface area (TPSA) is 87.6 Å². The maximum Gasteiger partial charge on any atom is 0.416 e. The van der Waals surface area contributed by atoms with Gasteiger partial charge in [0.15, 0.2) is 0 Å². The molecule has 5 N–H and O–H groups in total. The Kier molecular flexibility index (Phi) is 7.16. The molecule has 1 fully saturated rings. The maximum absolute atomic E-state index is 13.6. The largest absolute Gasteiger partial charge is 0.416 e. The molecule has 4 rings (SSSR count). The van der Waals surface area contributed by atoms with Crippen molar-refractivity contribution in [3.05, 3.63) is 87.3 Å². The van der Waals surface area contributed by atoms with Crippen molar-refractivity contribution in [3.63, 3.8) is 0 Å². The van der Waals surface area contributed by atoms with Crippen molar-refractivity contribution in [2.45, 2.75) is 25.6 Å². The quantitative estimate of drug-likeness (QED) is 0.569. The van der Waals surface area contributed by atoms with Gasteiger partial charge in [0.1, 0.15) is 5.82 Å².